The first-order chi connectivity index (χ1) is 9.40. The van der Waals surface area contributed by atoms with Crippen molar-refractivity contribution in [3.8, 4) is 0 Å². The van der Waals surface area contributed by atoms with Gasteiger partial charge in [-0.25, -0.2) is 0 Å². The van der Waals surface area contributed by atoms with Gasteiger partial charge in [0.25, 0.3) is 5.69 Å². The summed E-state index contributed by atoms with van der Waals surface area (Å²) in [6, 6.07) is 6.21. The zero-order valence-electron chi connectivity index (χ0n) is 11.0. The topological polar surface area (TPSA) is 111 Å². The second kappa shape index (κ2) is 5.33. The van der Waals surface area contributed by atoms with Gasteiger partial charge in [0.05, 0.1) is 16.2 Å². The minimum absolute atomic E-state index is 0.0417. The summed E-state index contributed by atoms with van der Waals surface area (Å²) in [5.74, 6) is -0.0417. The average molecular weight is 291 g/mol. The van der Waals surface area contributed by atoms with Crippen LogP contribution < -0.4 is 5.73 Å². The number of nitrogens with two attached hydrogens (primary N) is 1. The lowest BCUT2D eigenvalue weighted by Crippen LogP contribution is -2.13. The van der Waals surface area contributed by atoms with Gasteiger partial charge in [0, 0.05) is 24.1 Å². The van der Waals surface area contributed by atoms with Crippen LogP contribution in [-0.2, 0) is 7.05 Å². The number of non-ortho nitro benzene ring substituents is 1. The number of nitro benzene ring substituents is 1. The number of nitrogens with zero attached hydrogens (tertiary/aromatic N) is 3. The Labute approximate surface area is 119 Å². The van der Waals surface area contributed by atoms with Gasteiger partial charge in [-0.15, -0.1) is 0 Å². The molecule has 0 saturated heterocycles. The summed E-state index contributed by atoms with van der Waals surface area (Å²) in [5, 5.41) is 23.2. The van der Waals surface area contributed by atoms with Gasteiger partial charge < -0.3 is 5.73 Å². The second-order valence-electron chi connectivity index (χ2n) is 4.16. The summed E-state index contributed by atoms with van der Waals surface area (Å²) < 4.78 is 1.65. The number of rotatable bonds is 4. The number of nitrogen functional groups attached to an aromatic ring is 1. The molecule has 3 N–H and O–H groups in total. The fourth-order valence-corrected chi connectivity index (χ4v) is 2.84. The van der Waals surface area contributed by atoms with Crippen molar-refractivity contribution in [1.29, 1.82) is 5.41 Å². The lowest BCUT2D eigenvalue weighted by Gasteiger charge is -2.05. The van der Waals surface area contributed by atoms with E-state index in [2.05, 4.69) is 5.10 Å². The molecule has 104 valence electrons. The zero-order chi connectivity index (χ0) is 14.9. The average Bonchev–Trinajstić information content (AvgIpc) is 2.64. The molecule has 7 nitrogen and oxygen atoms in total. The minimum atomic E-state index is -0.441. The SMILES string of the molecule is Cc1nn(C)c(Sc2ccc([N+](=O)[O-])cc2)c1C(=N)N. The molecule has 0 radical (unpaired) electrons. The fraction of sp³-hybridized carbons (Fsp3) is 0.167. The van der Waals surface area contributed by atoms with Gasteiger partial charge in [0.2, 0.25) is 0 Å². The van der Waals surface area contributed by atoms with E-state index < -0.39 is 4.92 Å². The maximum atomic E-state index is 10.6. The molecule has 8 heteroatoms. The minimum Gasteiger partial charge on any atom is -0.384 e. The van der Waals surface area contributed by atoms with E-state index in [1.807, 2.05) is 0 Å². The van der Waals surface area contributed by atoms with Crippen molar-refractivity contribution in [2.24, 2.45) is 12.8 Å². The number of aryl methyl sites for hydroxylation is 2. The fourth-order valence-electron chi connectivity index (χ4n) is 1.81. The molecule has 1 aromatic carbocycles. The summed E-state index contributed by atoms with van der Waals surface area (Å²) in [5.41, 5.74) is 6.90. The smallest absolute Gasteiger partial charge is 0.269 e. The molecule has 0 unspecified atom stereocenters. The van der Waals surface area contributed by atoms with Crippen molar-refractivity contribution in [3.05, 3.63) is 45.6 Å². The van der Waals surface area contributed by atoms with Crippen LogP contribution in [0.25, 0.3) is 0 Å². The number of benzene rings is 1. The monoisotopic (exact) mass is 291 g/mol. The van der Waals surface area contributed by atoms with Crippen molar-refractivity contribution in [1.82, 2.24) is 9.78 Å². The largest absolute Gasteiger partial charge is 0.384 e. The molecule has 0 bridgehead atoms. The highest BCUT2D eigenvalue weighted by atomic mass is 32.2. The normalized spacial score (nSPS) is 10.5. The van der Waals surface area contributed by atoms with E-state index >= 15 is 0 Å². The molecule has 0 saturated carbocycles. The van der Waals surface area contributed by atoms with Gasteiger partial charge >= 0.3 is 0 Å². The first-order valence-electron chi connectivity index (χ1n) is 5.70. The molecular formula is C12H13N5O2S. The van der Waals surface area contributed by atoms with Gasteiger partial charge in [-0.05, 0) is 19.1 Å². The van der Waals surface area contributed by atoms with E-state index in [1.165, 1.54) is 23.9 Å². The third-order valence-corrected chi connectivity index (χ3v) is 3.87. The van der Waals surface area contributed by atoms with E-state index in [9.17, 15) is 10.1 Å². The highest BCUT2D eigenvalue weighted by Crippen LogP contribution is 2.32. The lowest BCUT2D eigenvalue weighted by atomic mass is 10.2. The molecule has 0 atom stereocenters. The number of amidine groups is 1. The van der Waals surface area contributed by atoms with Gasteiger partial charge in [-0.3, -0.25) is 20.2 Å². The van der Waals surface area contributed by atoms with E-state index in [0.29, 0.717) is 11.3 Å². The molecule has 0 fully saturated rings. The number of hydrogen-bond donors (Lipinski definition) is 2. The molecule has 20 heavy (non-hydrogen) atoms. The summed E-state index contributed by atoms with van der Waals surface area (Å²) >= 11 is 1.37. The van der Waals surface area contributed by atoms with E-state index in [-0.39, 0.29) is 11.5 Å². The van der Waals surface area contributed by atoms with E-state index in [4.69, 9.17) is 11.1 Å². The van der Waals surface area contributed by atoms with Crippen molar-refractivity contribution < 1.29 is 4.92 Å². The molecule has 1 heterocycles. The number of nitro groups is 1. The number of hydrogen-bond acceptors (Lipinski definition) is 5. The predicted octanol–water partition coefficient (Wildman–Crippen LogP) is 2.07. The molecular weight excluding hydrogens is 278 g/mol. The van der Waals surface area contributed by atoms with E-state index in [1.54, 1.807) is 30.8 Å². The van der Waals surface area contributed by atoms with Crippen LogP contribution in [0, 0.1) is 22.4 Å². The van der Waals surface area contributed by atoms with Gasteiger partial charge in [-0.2, -0.15) is 5.10 Å². The first-order valence-corrected chi connectivity index (χ1v) is 6.52. The van der Waals surface area contributed by atoms with Crippen LogP contribution in [-0.4, -0.2) is 20.5 Å². The maximum Gasteiger partial charge on any atom is 0.269 e. The van der Waals surface area contributed by atoms with Crippen molar-refractivity contribution >= 4 is 23.3 Å². The molecule has 0 spiro atoms. The Morgan fingerprint density at radius 3 is 2.55 bits per heavy atom. The molecule has 0 amide bonds. The summed E-state index contributed by atoms with van der Waals surface area (Å²) in [6.45, 7) is 1.79. The molecule has 0 aliphatic carbocycles. The van der Waals surface area contributed by atoms with Crippen LogP contribution in [0.15, 0.2) is 34.2 Å². The van der Waals surface area contributed by atoms with Crippen LogP contribution in [0.1, 0.15) is 11.3 Å². The van der Waals surface area contributed by atoms with Crippen LogP contribution in [0.4, 0.5) is 5.69 Å². The molecule has 1 aromatic heterocycles. The Morgan fingerprint density at radius 1 is 1.45 bits per heavy atom. The van der Waals surface area contributed by atoms with Gasteiger partial charge in [0.1, 0.15) is 10.9 Å². The Kier molecular flexibility index (Phi) is 3.75. The summed E-state index contributed by atoms with van der Waals surface area (Å²) in [7, 11) is 1.77. The van der Waals surface area contributed by atoms with Crippen LogP contribution in [0.3, 0.4) is 0 Å². The first kappa shape index (κ1) is 14.1. The van der Waals surface area contributed by atoms with Crippen LogP contribution >= 0.6 is 11.8 Å². The third-order valence-electron chi connectivity index (χ3n) is 2.70. The molecule has 2 rings (SSSR count). The lowest BCUT2D eigenvalue weighted by molar-refractivity contribution is -0.384. The summed E-state index contributed by atoms with van der Waals surface area (Å²) in [4.78, 5) is 11.0. The van der Waals surface area contributed by atoms with Gasteiger partial charge in [-0.1, -0.05) is 11.8 Å². The standard InChI is InChI=1S/C12H13N5O2S/c1-7-10(11(13)14)12(16(2)15-7)20-9-5-3-8(4-6-9)17(18)19/h3-6H,1-2H3,(H3,13,14). The van der Waals surface area contributed by atoms with Crippen molar-refractivity contribution in [2.45, 2.75) is 16.8 Å². The Bertz CT molecular complexity index is 678. The Hall–Kier alpha value is -2.35. The maximum absolute atomic E-state index is 10.6. The molecule has 0 aliphatic heterocycles. The number of nitrogens with one attached hydrogen (secondary N) is 1. The van der Waals surface area contributed by atoms with Crippen molar-refractivity contribution in [3.63, 3.8) is 0 Å². The van der Waals surface area contributed by atoms with E-state index in [0.717, 1.165) is 9.92 Å². The molecule has 2 aromatic rings. The number of aromatic nitrogens is 2. The van der Waals surface area contributed by atoms with Crippen LogP contribution in [0.5, 0.6) is 0 Å². The van der Waals surface area contributed by atoms with Gasteiger partial charge in [0.15, 0.2) is 0 Å². The van der Waals surface area contributed by atoms with Crippen molar-refractivity contribution in [2.75, 3.05) is 0 Å². The Balaban J connectivity index is 2.35. The third kappa shape index (κ3) is 2.64. The predicted molar refractivity (Wildman–Crippen MR) is 76.2 cm³/mol. The zero-order valence-corrected chi connectivity index (χ0v) is 11.8. The highest BCUT2D eigenvalue weighted by molar-refractivity contribution is 7.99. The molecule has 0 aliphatic rings. The Morgan fingerprint density at radius 2 is 2.05 bits per heavy atom. The quantitative estimate of drug-likeness (QED) is 0.388. The summed E-state index contributed by atoms with van der Waals surface area (Å²) in [6.07, 6.45) is 0. The second-order valence-corrected chi connectivity index (χ2v) is 5.22. The highest BCUT2D eigenvalue weighted by Gasteiger charge is 2.17. The van der Waals surface area contributed by atoms with Crippen LogP contribution in [0.2, 0.25) is 0 Å².